The van der Waals surface area contributed by atoms with Gasteiger partial charge in [0.25, 0.3) is 5.91 Å². The molecule has 1 amide bonds. The Balaban J connectivity index is 2.79. The summed E-state index contributed by atoms with van der Waals surface area (Å²) in [4.78, 5) is 11.5. The van der Waals surface area contributed by atoms with Crippen molar-refractivity contribution >= 4 is 5.91 Å². The molecule has 0 atom stereocenters. The van der Waals surface area contributed by atoms with E-state index < -0.39 is 17.5 Å². The molecule has 3 N–H and O–H groups in total. The molecule has 3 nitrogen and oxygen atoms in total. The first-order valence-electron chi connectivity index (χ1n) is 5.00. The number of aryl methyl sites for hydroxylation is 1. The van der Waals surface area contributed by atoms with Crippen molar-refractivity contribution in [3.05, 3.63) is 34.9 Å². The van der Waals surface area contributed by atoms with Gasteiger partial charge in [-0.15, -0.1) is 0 Å². The van der Waals surface area contributed by atoms with Gasteiger partial charge in [-0.05, 0) is 31.5 Å². The Morgan fingerprint density at radius 3 is 2.69 bits per heavy atom. The quantitative estimate of drug-likeness (QED) is 0.764. The number of carbonyl (C=O) groups excluding carboxylic acids is 1. The van der Waals surface area contributed by atoms with Crippen molar-refractivity contribution < 1.29 is 13.6 Å². The van der Waals surface area contributed by atoms with E-state index in [1.807, 2.05) is 0 Å². The van der Waals surface area contributed by atoms with Crippen LogP contribution < -0.4 is 11.1 Å². The molecule has 0 unspecified atom stereocenters. The summed E-state index contributed by atoms with van der Waals surface area (Å²) in [5, 5.41) is 2.51. The summed E-state index contributed by atoms with van der Waals surface area (Å²) in [5.74, 6) is -2.06. The van der Waals surface area contributed by atoms with E-state index >= 15 is 0 Å². The average molecular weight is 228 g/mol. The van der Waals surface area contributed by atoms with Crippen LogP contribution in [0.1, 0.15) is 22.3 Å². The van der Waals surface area contributed by atoms with Gasteiger partial charge in [-0.25, -0.2) is 8.78 Å². The molecule has 0 fully saturated rings. The van der Waals surface area contributed by atoms with Gasteiger partial charge < -0.3 is 11.1 Å². The molecule has 0 bridgehead atoms. The number of rotatable bonds is 4. The highest BCUT2D eigenvalue weighted by Gasteiger charge is 2.13. The fourth-order valence-corrected chi connectivity index (χ4v) is 1.23. The first-order valence-corrected chi connectivity index (χ1v) is 5.00. The van der Waals surface area contributed by atoms with Gasteiger partial charge in [0.1, 0.15) is 11.6 Å². The van der Waals surface area contributed by atoms with Gasteiger partial charge in [-0.3, -0.25) is 4.79 Å². The van der Waals surface area contributed by atoms with Gasteiger partial charge in [0.05, 0.1) is 5.56 Å². The van der Waals surface area contributed by atoms with Crippen molar-refractivity contribution in [2.75, 3.05) is 13.1 Å². The largest absolute Gasteiger partial charge is 0.352 e. The summed E-state index contributed by atoms with van der Waals surface area (Å²) >= 11 is 0. The molecule has 0 radical (unpaired) electrons. The van der Waals surface area contributed by atoms with Crippen molar-refractivity contribution in [2.45, 2.75) is 13.3 Å². The maximum atomic E-state index is 13.3. The van der Waals surface area contributed by atoms with Crippen LogP contribution in [0.15, 0.2) is 12.1 Å². The molecular formula is C11H14F2N2O. The van der Waals surface area contributed by atoms with Crippen LogP contribution in [0, 0.1) is 18.6 Å². The van der Waals surface area contributed by atoms with Gasteiger partial charge in [-0.1, -0.05) is 0 Å². The molecule has 0 aromatic heterocycles. The van der Waals surface area contributed by atoms with Gasteiger partial charge in [-0.2, -0.15) is 0 Å². The monoisotopic (exact) mass is 228 g/mol. The van der Waals surface area contributed by atoms with Crippen molar-refractivity contribution in [1.29, 1.82) is 0 Å². The Bertz CT molecular complexity index is 394. The third-order valence-electron chi connectivity index (χ3n) is 2.16. The van der Waals surface area contributed by atoms with E-state index in [4.69, 9.17) is 5.73 Å². The minimum atomic E-state index is -0.853. The van der Waals surface area contributed by atoms with E-state index in [0.29, 0.717) is 25.6 Å². The minimum Gasteiger partial charge on any atom is -0.352 e. The highest BCUT2D eigenvalue weighted by molar-refractivity contribution is 5.94. The molecule has 0 aliphatic rings. The summed E-state index contributed by atoms with van der Waals surface area (Å²) in [6.45, 7) is 2.31. The van der Waals surface area contributed by atoms with Crippen molar-refractivity contribution in [3.8, 4) is 0 Å². The molecule has 88 valence electrons. The zero-order valence-corrected chi connectivity index (χ0v) is 9.02. The minimum absolute atomic E-state index is 0.143. The van der Waals surface area contributed by atoms with Crippen LogP contribution in [0.3, 0.4) is 0 Å². The van der Waals surface area contributed by atoms with E-state index in [2.05, 4.69) is 5.32 Å². The van der Waals surface area contributed by atoms with E-state index in [0.717, 1.165) is 0 Å². The number of hydrogen-bond acceptors (Lipinski definition) is 2. The Hall–Kier alpha value is -1.49. The number of nitrogens with two attached hydrogens (primary N) is 1. The predicted molar refractivity (Wildman–Crippen MR) is 57.1 cm³/mol. The molecule has 0 aliphatic carbocycles. The zero-order valence-electron chi connectivity index (χ0n) is 9.02. The maximum Gasteiger partial charge on any atom is 0.254 e. The fraction of sp³-hybridized carbons (Fsp3) is 0.364. The standard InChI is InChI=1S/C11H14F2N2O/c1-7-5-8(10(13)6-9(7)12)11(16)15-4-2-3-14/h5-6H,2-4,14H2,1H3,(H,15,16). The van der Waals surface area contributed by atoms with Crippen LogP contribution in [0.25, 0.3) is 0 Å². The van der Waals surface area contributed by atoms with Crippen LogP contribution in [0.2, 0.25) is 0 Å². The molecule has 1 aromatic rings. The van der Waals surface area contributed by atoms with E-state index in [-0.39, 0.29) is 11.1 Å². The second-order valence-electron chi connectivity index (χ2n) is 3.48. The topological polar surface area (TPSA) is 55.1 Å². The molecule has 0 aliphatic heterocycles. The lowest BCUT2D eigenvalue weighted by Crippen LogP contribution is -2.27. The normalized spacial score (nSPS) is 10.2. The van der Waals surface area contributed by atoms with Crippen LogP contribution in [0.5, 0.6) is 0 Å². The van der Waals surface area contributed by atoms with Crippen LogP contribution in [-0.4, -0.2) is 19.0 Å². The molecule has 0 heterocycles. The predicted octanol–water partition coefficient (Wildman–Crippen LogP) is 1.35. The van der Waals surface area contributed by atoms with Crippen molar-refractivity contribution in [1.82, 2.24) is 5.32 Å². The lowest BCUT2D eigenvalue weighted by atomic mass is 10.1. The number of nitrogens with one attached hydrogen (secondary N) is 1. The van der Waals surface area contributed by atoms with Gasteiger partial charge in [0.15, 0.2) is 0 Å². The summed E-state index contributed by atoms with van der Waals surface area (Å²) in [7, 11) is 0. The third-order valence-corrected chi connectivity index (χ3v) is 2.16. The zero-order chi connectivity index (χ0) is 12.1. The van der Waals surface area contributed by atoms with Gasteiger partial charge >= 0.3 is 0 Å². The van der Waals surface area contributed by atoms with Crippen molar-refractivity contribution in [3.63, 3.8) is 0 Å². The van der Waals surface area contributed by atoms with Crippen LogP contribution in [0.4, 0.5) is 8.78 Å². The average Bonchev–Trinajstić information content (AvgIpc) is 2.23. The fourth-order valence-electron chi connectivity index (χ4n) is 1.23. The first-order chi connectivity index (χ1) is 7.56. The van der Waals surface area contributed by atoms with E-state index in [1.54, 1.807) is 0 Å². The second kappa shape index (κ2) is 5.55. The molecule has 1 rings (SSSR count). The summed E-state index contributed by atoms with van der Waals surface area (Å²) in [6, 6.07) is 1.91. The number of benzene rings is 1. The van der Waals surface area contributed by atoms with Crippen molar-refractivity contribution in [2.24, 2.45) is 5.73 Å². The molecular weight excluding hydrogens is 214 g/mol. The number of amides is 1. The Morgan fingerprint density at radius 2 is 2.06 bits per heavy atom. The summed E-state index contributed by atoms with van der Waals surface area (Å²) < 4.78 is 26.2. The molecule has 0 spiro atoms. The highest BCUT2D eigenvalue weighted by atomic mass is 19.1. The van der Waals surface area contributed by atoms with E-state index in [1.165, 1.54) is 13.0 Å². The Labute approximate surface area is 92.6 Å². The summed E-state index contributed by atoms with van der Waals surface area (Å²) in [6.07, 6.45) is 0.619. The number of hydrogen-bond donors (Lipinski definition) is 2. The smallest absolute Gasteiger partial charge is 0.254 e. The highest BCUT2D eigenvalue weighted by Crippen LogP contribution is 2.13. The van der Waals surface area contributed by atoms with Gasteiger partial charge in [0, 0.05) is 12.6 Å². The lowest BCUT2D eigenvalue weighted by molar-refractivity contribution is 0.0949. The maximum absolute atomic E-state index is 13.3. The van der Waals surface area contributed by atoms with Crippen LogP contribution in [-0.2, 0) is 0 Å². The Morgan fingerprint density at radius 1 is 1.38 bits per heavy atom. The van der Waals surface area contributed by atoms with Crippen LogP contribution >= 0.6 is 0 Å². The first kappa shape index (κ1) is 12.6. The lowest BCUT2D eigenvalue weighted by Gasteiger charge is -2.06. The Kier molecular flexibility index (Phi) is 4.37. The van der Waals surface area contributed by atoms with Gasteiger partial charge in [0.2, 0.25) is 0 Å². The SMILES string of the molecule is Cc1cc(C(=O)NCCCN)c(F)cc1F. The summed E-state index contributed by atoms with van der Waals surface area (Å²) in [5.41, 5.74) is 5.35. The van der Waals surface area contributed by atoms with E-state index in [9.17, 15) is 13.6 Å². The molecule has 0 saturated carbocycles. The second-order valence-corrected chi connectivity index (χ2v) is 3.48. The number of halogens is 2. The molecule has 0 saturated heterocycles. The molecule has 1 aromatic carbocycles. The molecule has 5 heteroatoms. The third kappa shape index (κ3) is 3.00. The number of carbonyl (C=O) groups is 1. The molecule has 16 heavy (non-hydrogen) atoms.